The van der Waals surface area contributed by atoms with Crippen molar-refractivity contribution in [1.82, 2.24) is 10.3 Å². The first-order valence-electron chi connectivity index (χ1n) is 7.40. The first-order chi connectivity index (χ1) is 10.3. The van der Waals surface area contributed by atoms with Crippen molar-refractivity contribution in [2.24, 2.45) is 0 Å². The second kappa shape index (κ2) is 8.15. The Kier molecular flexibility index (Phi) is 5.88. The van der Waals surface area contributed by atoms with Crippen LogP contribution in [0.15, 0.2) is 48.7 Å². The average molecular weight is 286 g/mol. The third kappa shape index (κ3) is 4.99. The molecule has 0 aliphatic heterocycles. The van der Waals surface area contributed by atoms with Crippen molar-refractivity contribution in [3.8, 4) is 0 Å². The first kappa shape index (κ1) is 15.2. The summed E-state index contributed by atoms with van der Waals surface area (Å²) in [5.74, 6) is 0. The Balaban J connectivity index is 1.86. The van der Waals surface area contributed by atoms with Gasteiger partial charge in [-0.15, -0.1) is 0 Å². The largest absolute Gasteiger partial charge is 0.445 e. The summed E-state index contributed by atoms with van der Waals surface area (Å²) in [6, 6.07) is 13.6. The monoisotopic (exact) mass is 286 g/mol. The van der Waals surface area contributed by atoms with Gasteiger partial charge in [-0.1, -0.05) is 50.1 Å². The maximum absolute atomic E-state index is 11.9. The maximum Gasteiger partial charge on any atom is 0.408 e. The molecule has 0 saturated heterocycles. The summed E-state index contributed by atoms with van der Waals surface area (Å²) in [6.45, 7) is 2.43. The number of aromatic amines is 1. The number of hydrogen-bond acceptors (Lipinski definition) is 2. The number of H-pyrrole nitrogens is 1. The van der Waals surface area contributed by atoms with E-state index in [0.29, 0.717) is 0 Å². The number of hydrogen-bond donors (Lipinski definition) is 2. The summed E-state index contributed by atoms with van der Waals surface area (Å²) in [4.78, 5) is 15.1. The third-order valence-electron chi connectivity index (χ3n) is 3.35. The number of amides is 1. The van der Waals surface area contributed by atoms with E-state index in [2.05, 4.69) is 17.2 Å². The molecule has 112 valence electrons. The molecule has 2 N–H and O–H groups in total. The van der Waals surface area contributed by atoms with Crippen LogP contribution in [-0.4, -0.2) is 11.1 Å². The molecule has 1 aromatic carbocycles. The van der Waals surface area contributed by atoms with Crippen LogP contribution in [0, 0.1) is 0 Å². The number of carbonyl (C=O) groups excluding carboxylic acids is 1. The van der Waals surface area contributed by atoms with Crippen molar-refractivity contribution in [3.63, 3.8) is 0 Å². The van der Waals surface area contributed by atoms with E-state index >= 15 is 0 Å². The summed E-state index contributed by atoms with van der Waals surface area (Å²) in [7, 11) is 0. The Bertz CT molecular complexity index is 523. The SMILES string of the molecule is CCCCC(NC(=O)OCc1ccccc1)c1ccc[nH]1. The molecule has 1 amide bonds. The van der Waals surface area contributed by atoms with E-state index in [1.54, 1.807) is 0 Å². The molecule has 2 rings (SSSR count). The molecule has 0 radical (unpaired) electrons. The lowest BCUT2D eigenvalue weighted by Gasteiger charge is -2.17. The van der Waals surface area contributed by atoms with Crippen molar-refractivity contribution >= 4 is 6.09 Å². The fraction of sp³-hybridized carbons (Fsp3) is 0.353. The molecule has 4 nitrogen and oxygen atoms in total. The molecule has 0 aliphatic carbocycles. The maximum atomic E-state index is 11.9. The minimum absolute atomic E-state index is 0.0248. The van der Waals surface area contributed by atoms with Crippen molar-refractivity contribution in [1.29, 1.82) is 0 Å². The highest BCUT2D eigenvalue weighted by atomic mass is 16.5. The van der Waals surface area contributed by atoms with Crippen molar-refractivity contribution in [2.45, 2.75) is 38.8 Å². The van der Waals surface area contributed by atoms with E-state index in [9.17, 15) is 4.79 Å². The summed E-state index contributed by atoms with van der Waals surface area (Å²) < 4.78 is 5.27. The first-order valence-corrected chi connectivity index (χ1v) is 7.40. The summed E-state index contributed by atoms with van der Waals surface area (Å²) in [6.07, 6.45) is 4.54. The Morgan fingerprint density at radius 3 is 2.71 bits per heavy atom. The van der Waals surface area contributed by atoms with E-state index < -0.39 is 0 Å². The lowest BCUT2D eigenvalue weighted by atomic mass is 10.1. The van der Waals surface area contributed by atoms with Crippen molar-refractivity contribution in [2.75, 3.05) is 0 Å². The molecule has 0 bridgehead atoms. The fourth-order valence-corrected chi connectivity index (χ4v) is 2.18. The van der Waals surface area contributed by atoms with Crippen LogP contribution in [0.1, 0.15) is 43.5 Å². The van der Waals surface area contributed by atoms with Crippen LogP contribution in [0.3, 0.4) is 0 Å². The van der Waals surface area contributed by atoms with Gasteiger partial charge in [0.05, 0.1) is 6.04 Å². The van der Waals surface area contributed by atoms with Gasteiger partial charge in [0, 0.05) is 11.9 Å². The second-order valence-electron chi connectivity index (χ2n) is 5.03. The number of ether oxygens (including phenoxy) is 1. The smallest absolute Gasteiger partial charge is 0.408 e. The Morgan fingerprint density at radius 1 is 1.24 bits per heavy atom. The quantitative estimate of drug-likeness (QED) is 0.802. The van der Waals surface area contributed by atoms with Crippen LogP contribution < -0.4 is 5.32 Å². The van der Waals surface area contributed by atoms with Crippen molar-refractivity contribution < 1.29 is 9.53 Å². The lowest BCUT2D eigenvalue weighted by Crippen LogP contribution is -2.29. The van der Waals surface area contributed by atoms with E-state index in [4.69, 9.17) is 4.74 Å². The summed E-state index contributed by atoms with van der Waals surface area (Å²) >= 11 is 0. The highest BCUT2D eigenvalue weighted by molar-refractivity contribution is 5.67. The fourth-order valence-electron chi connectivity index (χ4n) is 2.18. The van der Waals surface area contributed by atoms with Gasteiger partial charge in [-0.05, 0) is 24.1 Å². The summed E-state index contributed by atoms with van der Waals surface area (Å²) in [5, 5.41) is 2.93. The van der Waals surface area contributed by atoms with Crippen LogP contribution in [0.4, 0.5) is 4.79 Å². The van der Waals surface area contributed by atoms with Crippen LogP contribution in [0.25, 0.3) is 0 Å². The number of carbonyl (C=O) groups is 1. The van der Waals surface area contributed by atoms with E-state index in [1.807, 2.05) is 48.7 Å². The van der Waals surface area contributed by atoms with E-state index in [0.717, 1.165) is 30.5 Å². The number of benzene rings is 1. The Morgan fingerprint density at radius 2 is 2.05 bits per heavy atom. The van der Waals surface area contributed by atoms with Gasteiger partial charge in [-0.25, -0.2) is 4.79 Å². The zero-order chi connectivity index (χ0) is 14.9. The third-order valence-corrected chi connectivity index (χ3v) is 3.35. The Labute approximate surface area is 125 Å². The molecule has 1 atom stereocenters. The minimum Gasteiger partial charge on any atom is -0.445 e. The van der Waals surface area contributed by atoms with Gasteiger partial charge < -0.3 is 15.0 Å². The molecule has 4 heteroatoms. The average Bonchev–Trinajstić information content (AvgIpc) is 3.04. The second-order valence-corrected chi connectivity index (χ2v) is 5.03. The molecular weight excluding hydrogens is 264 g/mol. The zero-order valence-electron chi connectivity index (χ0n) is 12.3. The standard InChI is InChI=1S/C17H22N2O2/c1-2-3-10-16(15-11-7-12-18-15)19-17(20)21-13-14-8-5-4-6-9-14/h4-9,11-12,16,18H,2-3,10,13H2,1H3,(H,19,20). The van der Waals surface area contributed by atoms with Gasteiger partial charge in [-0.2, -0.15) is 0 Å². The molecule has 1 aromatic heterocycles. The molecule has 0 spiro atoms. The molecule has 1 heterocycles. The molecule has 0 fully saturated rings. The number of aromatic nitrogens is 1. The Hall–Kier alpha value is -2.23. The number of alkyl carbamates (subject to hydrolysis) is 1. The highest BCUT2D eigenvalue weighted by Gasteiger charge is 2.15. The normalized spacial score (nSPS) is 11.9. The lowest BCUT2D eigenvalue weighted by molar-refractivity contribution is 0.134. The molecule has 0 saturated carbocycles. The minimum atomic E-state index is -0.380. The number of unbranched alkanes of at least 4 members (excludes halogenated alkanes) is 1. The van der Waals surface area contributed by atoms with Crippen LogP contribution in [0.2, 0.25) is 0 Å². The number of nitrogens with one attached hydrogen (secondary N) is 2. The summed E-state index contributed by atoms with van der Waals surface area (Å²) in [5.41, 5.74) is 2.00. The predicted octanol–water partition coefficient (Wildman–Crippen LogP) is 4.17. The highest BCUT2D eigenvalue weighted by Crippen LogP contribution is 2.18. The topological polar surface area (TPSA) is 54.1 Å². The van der Waals surface area contributed by atoms with Crippen LogP contribution in [0.5, 0.6) is 0 Å². The van der Waals surface area contributed by atoms with Gasteiger partial charge in [0.15, 0.2) is 0 Å². The van der Waals surface area contributed by atoms with Crippen LogP contribution >= 0.6 is 0 Å². The molecular formula is C17H22N2O2. The molecule has 0 aliphatic rings. The van der Waals surface area contributed by atoms with Gasteiger partial charge in [0.1, 0.15) is 6.61 Å². The van der Waals surface area contributed by atoms with Gasteiger partial charge in [0.25, 0.3) is 0 Å². The van der Waals surface area contributed by atoms with E-state index in [-0.39, 0.29) is 18.7 Å². The van der Waals surface area contributed by atoms with Crippen LogP contribution in [-0.2, 0) is 11.3 Å². The predicted molar refractivity (Wildman–Crippen MR) is 82.8 cm³/mol. The van der Waals surface area contributed by atoms with Gasteiger partial charge >= 0.3 is 6.09 Å². The number of rotatable bonds is 7. The van der Waals surface area contributed by atoms with E-state index in [1.165, 1.54) is 0 Å². The van der Waals surface area contributed by atoms with Gasteiger partial charge in [0.2, 0.25) is 0 Å². The van der Waals surface area contributed by atoms with Crippen molar-refractivity contribution in [3.05, 3.63) is 59.9 Å². The molecule has 1 unspecified atom stereocenters. The van der Waals surface area contributed by atoms with Gasteiger partial charge in [-0.3, -0.25) is 0 Å². The molecule has 21 heavy (non-hydrogen) atoms. The molecule has 2 aromatic rings. The zero-order valence-corrected chi connectivity index (χ0v) is 12.3.